The van der Waals surface area contributed by atoms with E-state index < -0.39 is 35.5 Å². The molecule has 0 radical (unpaired) electrons. The Hall–Kier alpha value is -3.34. The lowest BCUT2D eigenvalue weighted by atomic mass is 9.92. The number of likely N-dealkylation sites (tertiary alicyclic amines) is 1. The van der Waals surface area contributed by atoms with E-state index in [-0.39, 0.29) is 43.5 Å². The number of nitrogens with zero attached hydrogens (tertiary/aromatic N) is 2. The average molecular weight is 635 g/mol. The van der Waals surface area contributed by atoms with Gasteiger partial charge in [0.1, 0.15) is 24.8 Å². The van der Waals surface area contributed by atoms with Gasteiger partial charge in [0.25, 0.3) is 0 Å². The third-order valence-electron chi connectivity index (χ3n) is 7.83. The molecule has 2 fully saturated rings. The normalized spacial score (nSPS) is 18.6. The first-order valence-corrected chi connectivity index (χ1v) is 15.9. The number of benzene rings is 1. The summed E-state index contributed by atoms with van der Waals surface area (Å²) in [6.07, 6.45) is 5.10. The monoisotopic (exact) mass is 634 g/mol. The van der Waals surface area contributed by atoms with Gasteiger partial charge in [-0.2, -0.15) is 0 Å². The Morgan fingerprint density at radius 1 is 1.02 bits per heavy atom. The minimum Gasteiger partial charge on any atom is -0.465 e. The van der Waals surface area contributed by atoms with Crippen molar-refractivity contribution in [2.45, 2.75) is 103 Å². The Morgan fingerprint density at radius 3 is 2.30 bits per heavy atom. The van der Waals surface area contributed by atoms with Crippen LogP contribution >= 0.6 is 11.6 Å². The number of rotatable bonds is 11. The van der Waals surface area contributed by atoms with Crippen LogP contribution in [0.2, 0.25) is 5.02 Å². The molecule has 1 heterocycles. The van der Waals surface area contributed by atoms with Crippen molar-refractivity contribution in [1.82, 2.24) is 20.4 Å². The van der Waals surface area contributed by atoms with E-state index in [9.17, 15) is 24.0 Å². The van der Waals surface area contributed by atoms with E-state index in [1.807, 2.05) is 4.90 Å². The Balaban J connectivity index is 1.73. The number of carbonyl (C=O) groups excluding carboxylic acids is 5. The van der Waals surface area contributed by atoms with Gasteiger partial charge in [-0.05, 0) is 57.7 Å². The van der Waals surface area contributed by atoms with Crippen LogP contribution in [-0.2, 0) is 35.1 Å². The number of esters is 1. The quantitative estimate of drug-likeness (QED) is 0.353. The number of hydrogen-bond donors (Lipinski definition) is 2. The molecular weight excluding hydrogens is 588 g/mol. The van der Waals surface area contributed by atoms with Crippen LogP contribution in [0.5, 0.6) is 0 Å². The molecule has 244 valence electrons. The fourth-order valence-electron chi connectivity index (χ4n) is 5.74. The molecule has 1 aromatic rings. The molecule has 4 amide bonds. The van der Waals surface area contributed by atoms with E-state index in [2.05, 4.69) is 10.6 Å². The molecule has 0 unspecified atom stereocenters. The van der Waals surface area contributed by atoms with Gasteiger partial charge in [-0.25, -0.2) is 4.79 Å². The van der Waals surface area contributed by atoms with Crippen molar-refractivity contribution in [3.8, 4) is 0 Å². The first kappa shape index (κ1) is 35.1. The second kappa shape index (κ2) is 16.1. The van der Waals surface area contributed by atoms with Crippen LogP contribution in [-0.4, -0.2) is 89.6 Å². The number of nitrogens with one attached hydrogen (secondary N) is 2. The zero-order valence-electron chi connectivity index (χ0n) is 26.5. The molecule has 1 aromatic carbocycles. The second-order valence-electron chi connectivity index (χ2n) is 12.8. The van der Waals surface area contributed by atoms with Gasteiger partial charge in [0.05, 0.1) is 12.0 Å². The van der Waals surface area contributed by atoms with E-state index in [0.29, 0.717) is 24.5 Å². The van der Waals surface area contributed by atoms with Crippen molar-refractivity contribution < 1.29 is 33.4 Å². The SMILES string of the molecule is CC(=O)OC[C@@H](C)C(=O)N(C1CCCCC1)[C@H]1CCN(C(=O)[C@@H](Cc2ccc(Cl)cc2)NC(=O)CNC(=O)OC(C)(C)C)C1. The molecule has 0 aromatic heterocycles. The van der Waals surface area contributed by atoms with E-state index >= 15 is 0 Å². The predicted molar refractivity (Wildman–Crippen MR) is 166 cm³/mol. The van der Waals surface area contributed by atoms with Gasteiger partial charge in [0, 0.05) is 37.5 Å². The zero-order valence-corrected chi connectivity index (χ0v) is 27.3. The van der Waals surface area contributed by atoms with Gasteiger partial charge in [-0.3, -0.25) is 19.2 Å². The van der Waals surface area contributed by atoms with Crippen LogP contribution in [0, 0.1) is 5.92 Å². The maximum Gasteiger partial charge on any atom is 0.408 e. The minimum absolute atomic E-state index is 0.0132. The fourth-order valence-corrected chi connectivity index (χ4v) is 5.87. The van der Waals surface area contributed by atoms with Gasteiger partial charge >= 0.3 is 12.1 Å². The largest absolute Gasteiger partial charge is 0.465 e. The number of halogens is 1. The number of alkyl carbamates (subject to hydrolysis) is 1. The maximum atomic E-state index is 13.9. The zero-order chi connectivity index (χ0) is 32.4. The van der Waals surface area contributed by atoms with Crippen LogP contribution in [0.15, 0.2) is 24.3 Å². The molecule has 12 heteroatoms. The third-order valence-corrected chi connectivity index (χ3v) is 8.08. The van der Waals surface area contributed by atoms with E-state index in [1.54, 1.807) is 56.9 Å². The highest BCUT2D eigenvalue weighted by atomic mass is 35.5. The highest BCUT2D eigenvalue weighted by Crippen LogP contribution is 2.29. The van der Waals surface area contributed by atoms with Gasteiger partial charge < -0.3 is 29.9 Å². The topological polar surface area (TPSA) is 134 Å². The molecule has 0 spiro atoms. The molecule has 1 aliphatic carbocycles. The fraction of sp³-hybridized carbons (Fsp3) is 0.656. The van der Waals surface area contributed by atoms with Gasteiger partial charge in [-0.15, -0.1) is 0 Å². The standard InChI is InChI=1S/C32H47ClN4O7/c1-21(20-43-22(2)38)29(40)37(25-9-7-6-8-10-25)26-15-16-36(19-26)30(41)27(17-23-11-13-24(33)14-12-23)35-28(39)18-34-31(42)44-32(3,4)5/h11-14,21,25-27H,6-10,15-20H2,1-5H3,(H,34,42)(H,35,39)/t21-,26+,27-/m1/s1. The Labute approximate surface area is 265 Å². The summed E-state index contributed by atoms with van der Waals surface area (Å²) in [6.45, 7) is 8.68. The average Bonchev–Trinajstić information content (AvgIpc) is 3.44. The highest BCUT2D eigenvalue weighted by Gasteiger charge is 2.40. The van der Waals surface area contributed by atoms with Crippen LogP contribution in [0.1, 0.15) is 78.7 Å². The summed E-state index contributed by atoms with van der Waals surface area (Å²) in [5, 5.41) is 5.78. The smallest absolute Gasteiger partial charge is 0.408 e. The Kier molecular flexibility index (Phi) is 12.9. The molecule has 0 bridgehead atoms. The Bertz CT molecular complexity index is 1160. The number of hydrogen-bond acceptors (Lipinski definition) is 7. The van der Waals surface area contributed by atoms with E-state index in [4.69, 9.17) is 21.1 Å². The van der Waals surface area contributed by atoms with Crippen molar-refractivity contribution in [3.05, 3.63) is 34.9 Å². The van der Waals surface area contributed by atoms with Gasteiger partial charge in [-0.1, -0.05) is 49.9 Å². The Morgan fingerprint density at radius 2 is 1.68 bits per heavy atom. The summed E-state index contributed by atoms with van der Waals surface area (Å²) in [5.41, 5.74) is 0.0904. The van der Waals surface area contributed by atoms with Crippen LogP contribution in [0.25, 0.3) is 0 Å². The maximum absolute atomic E-state index is 13.9. The summed E-state index contributed by atoms with van der Waals surface area (Å²) in [4.78, 5) is 67.6. The van der Waals surface area contributed by atoms with Crippen LogP contribution in [0.3, 0.4) is 0 Å². The van der Waals surface area contributed by atoms with E-state index in [1.165, 1.54) is 6.92 Å². The second-order valence-corrected chi connectivity index (χ2v) is 13.2. The summed E-state index contributed by atoms with van der Waals surface area (Å²) < 4.78 is 10.3. The molecule has 11 nitrogen and oxygen atoms in total. The molecule has 3 rings (SSSR count). The summed E-state index contributed by atoms with van der Waals surface area (Å²) in [5.74, 6) is -1.80. The number of ether oxygens (including phenoxy) is 2. The van der Waals surface area contributed by atoms with Crippen LogP contribution < -0.4 is 10.6 Å². The molecule has 1 saturated carbocycles. The summed E-state index contributed by atoms with van der Waals surface area (Å²) >= 11 is 6.05. The summed E-state index contributed by atoms with van der Waals surface area (Å²) in [7, 11) is 0. The first-order valence-electron chi connectivity index (χ1n) is 15.5. The molecule has 2 N–H and O–H groups in total. The van der Waals surface area contributed by atoms with E-state index in [0.717, 1.165) is 37.7 Å². The highest BCUT2D eigenvalue weighted by molar-refractivity contribution is 6.30. The first-order chi connectivity index (χ1) is 20.7. The van der Waals surface area contributed by atoms with Crippen molar-refractivity contribution in [3.63, 3.8) is 0 Å². The van der Waals surface area contributed by atoms with Crippen LogP contribution in [0.4, 0.5) is 4.79 Å². The lowest BCUT2D eigenvalue weighted by Gasteiger charge is -2.40. The van der Waals surface area contributed by atoms with Crippen molar-refractivity contribution >= 4 is 41.4 Å². The van der Waals surface area contributed by atoms with Gasteiger partial charge in [0.2, 0.25) is 17.7 Å². The molecular formula is C32H47ClN4O7. The predicted octanol–water partition coefficient (Wildman–Crippen LogP) is 3.85. The van der Waals surface area contributed by atoms with Crippen molar-refractivity contribution in [2.24, 2.45) is 5.92 Å². The molecule has 1 saturated heterocycles. The lowest BCUT2D eigenvalue weighted by molar-refractivity contribution is -0.149. The molecule has 1 aliphatic heterocycles. The van der Waals surface area contributed by atoms with Crippen molar-refractivity contribution in [2.75, 3.05) is 26.2 Å². The molecule has 2 aliphatic rings. The van der Waals surface area contributed by atoms with Crippen molar-refractivity contribution in [1.29, 1.82) is 0 Å². The molecule has 3 atom stereocenters. The third kappa shape index (κ3) is 11.0. The van der Waals surface area contributed by atoms with Gasteiger partial charge in [0.15, 0.2) is 0 Å². The number of amides is 4. The lowest BCUT2D eigenvalue weighted by Crippen LogP contribution is -2.54. The minimum atomic E-state index is -0.899. The molecule has 44 heavy (non-hydrogen) atoms. The summed E-state index contributed by atoms with van der Waals surface area (Å²) in [6, 6.07) is 6.03. The number of carbonyl (C=O) groups is 5.